The number of carbonyl (C=O) groups is 1. The average molecular weight is 502 g/mol. The number of nitrogens with one attached hydrogen (secondary N) is 1. The van der Waals surface area contributed by atoms with Crippen LogP contribution in [-0.2, 0) is 4.79 Å². The van der Waals surface area contributed by atoms with Gasteiger partial charge < -0.3 is 10.1 Å². The highest BCUT2D eigenvalue weighted by molar-refractivity contribution is 7.11. The zero-order chi connectivity index (χ0) is 24.4. The number of rotatable bonds is 6. The van der Waals surface area contributed by atoms with Crippen LogP contribution in [0.25, 0.3) is 6.08 Å². The maximum atomic E-state index is 13.6. The molecule has 0 fully saturated rings. The van der Waals surface area contributed by atoms with Crippen LogP contribution < -0.4 is 24.9 Å². The number of fused-ring (bicyclic) bond motifs is 1. The van der Waals surface area contributed by atoms with Crippen LogP contribution in [0.1, 0.15) is 30.3 Å². The highest BCUT2D eigenvalue weighted by Gasteiger charge is 2.32. The quantitative estimate of drug-likeness (QED) is 0.427. The van der Waals surface area contributed by atoms with Crippen LogP contribution in [0.15, 0.2) is 93.2 Å². The number of hydrogen-bond donors (Lipinski definition) is 1. The van der Waals surface area contributed by atoms with Crippen LogP contribution in [0.5, 0.6) is 5.75 Å². The Bertz CT molecular complexity index is 1570. The molecule has 0 saturated heterocycles. The molecule has 1 aliphatic rings. The number of amides is 1. The van der Waals surface area contributed by atoms with Gasteiger partial charge in [0.2, 0.25) is 0 Å². The maximum Gasteiger partial charge on any atom is 0.271 e. The van der Waals surface area contributed by atoms with E-state index >= 15 is 0 Å². The number of allylic oxidation sites excluding steroid dienone is 1. The van der Waals surface area contributed by atoms with Crippen molar-refractivity contribution in [3.05, 3.63) is 114 Å². The van der Waals surface area contributed by atoms with Gasteiger partial charge in [-0.05, 0) is 61.2 Å². The Morgan fingerprint density at radius 1 is 1.11 bits per heavy atom. The number of hydrogen-bond acceptors (Lipinski definition) is 6. The van der Waals surface area contributed by atoms with E-state index in [1.54, 1.807) is 15.9 Å². The minimum absolute atomic E-state index is 0.168. The van der Waals surface area contributed by atoms with E-state index in [9.17, 15) is 9.59 Å². The molecule has 0 bridgehead atoms. The second kappa shape index (κ2) is 9.85. The van der Waals surface area contributed by atoms with E-state index in [0.717, 1.165) is 16.2 Å². The van der Waals surface area contributed by atoms with Gasteiger partial charge in [0, 0.05) is 10.6 Å². The van der Waals surface area contributed by atoms with E-state index in [-0.39, 0.29) is 11.5 Å². The molecule has 0 saturated carbocycles. The molecule has 2 aromatic carbocycles. The third-order valence-corrected chi connectivity index (χ3v) is 7.42. The monoisotopic (exact) mass is 501 g/mol. The van der Waals surface area contributed by atoms with Gasteiger partial charge in [-0.15, -0.1) is 11.3 Å². The second-order valence-electron chi connectivity index (χ2n) is 7.92. The van der Waals surface area contributed by atoms with Gasteiger partial charge in [0.25, 0.3) is 11.5 Å². The third-order valence-electron chi connectivity index (χ3n) is 5.62. The van der Waals surface area contributed by atoms with Crippen molar-refractivity contribution in [2.24, 2.45) is 4.99 Å². The number of para-hydroxylation sites is 1. The van der Waals surface area contributed by atoms with Gasteiger partial charge in [-0.2, -0.15) is 0 Å². The zero-order valence-corrected chi connectivity index (χ0v) is 20.9. The number of ether oxygens (including phenoxy) is 1. The summed E-state index contributed by atoms with van der Waals surface area (Å²) < 4.78 is 7.81. The Labute approximate surface area is 210 Å². The summed E-state index contributed by atoms with van der Waals surface area (Å²) in [6.07, 6.45) is 1.88. The van der Waals surface area contributed by atoms with E-state index in [0.29, 0.717) is 32.9 Å². The van der Waals surface area contributed by atoms with E-state index in [2.05, 4.69) is 10.3 Å². The molecule has 1 unspecified atom stereocenters. The van der Waals surface area contributed by atoms with Crippen LogP contribution in [0, 0.1) is 0 Å². The van der Waals surface area contributed by atoms with Crippen molar-refractivity contribution in [2.45, 2.75) is 19.9 Å². The molecule has 0 aliphatic carbocycles. The molecule has 6 nitrogen and oxygen atoms in total. The van der Waals surface area contributed by atoms with Crippen LogP contribution in [0.4, 0.5) is 5.69 Å². The number of anilines is 1. The summed E-state index contributed by atoms with van der Waals surface area (Å²) in [6.45, 7) is 4.30. The summed E-state index contributed by atoms with van der Waals surface area (Å²) in [6, 6.07) is 20.1. The van der Waals surface area contributed by atoms with Gasteiger partial charge in [0.1, 0.15) is 5.75 Å². The lowest BCUT2D eigenvalue weighted by molar-refractivity contribution is -0.113. The Kier molecular flexibility index (Phi) is 6.48. The Morgan fingerprint density at radius 3 is 2.57 bits per heavy atom. The molecule has 1 N–H and O–H groups in total. The summed E-state index contributed by atoms with van der Waals surface area (Å²) in [7, 11) is 0. The Morgan fingerprint density at radius 2 is 1.89 bits per heavy atom. The molecule has 0 spiro atoms. The van der Waals surface area contributed by atoms with Crippen LogP contribution >= 0.6 is 22.7 Å². The summed E-state index contributed by atoms with van der Waals surface area (Å²) in [4.78, 5) is 33.4. The fourth-order valence-corrected chi connectivity index (χ4v) is 5.83. The van der Waals surface area contributed by atoms with Crippen molar-refractivity contribution in [3.63, 3.8) is 0 Å². The topological polar surface area (TPSA) is 72.7 Å². The largest absolute Gasteiger partial charge is 0.494 e. The van der Waals surface area contributed by atoms with E-state index < -0.39 is 6.04 Å². The van der Waals surface area contributed by atoms with Gasteiger partial charge in [-0.25, -0.2) is 4.99 Å². The van der Waals surface area contributed by atoms with Gasteiger partial charge >= 0.3 is 0 Å². The van der Waals surface area contributed by atoms with Crippen molar-refractivity contribution >= 4 is 40.3 Å². The minimum atomic E-state index is -0.615. The first-order valence-electron chi connectivity index (χ1n) is 11.2. The van der Waals surface area contributed by atoms with Crippen molar-refractivity contribution in [2.75, 3.05) is 11.9 Å². The fourth-order valence-electron chi connectivity index (χ4n) is 4.06. The van der Waals surface area contributed by atoms with Crippen LogP contribution in [0.3, 0.4) is 0 Å². The number of carbonyl (C=O) groups excluding carboxylic acids is 1. The standard InChI is InChI=1S/C27H23N3O3S2/c1-3-33-20-13-11-18(12-14-20)24-23(25(31)29-19-8-5-4-6-9-19)17(2)28-27-30(24)26(32)22(35-27)16-21-10-7-15-34-21/h4-16,24H,3H2,1-2H3,(H,29,31)/b22-16-. The van der Waals surface area contributed by atoms with Crippen LogP contribution in [0.2, 0.25) is 0 Å². The molecule has 3 heterocycles. The molecule has 4 aromatic rings. The summed E-state index contributed by atoms with van der Waals surface area (Å²) in [5.41, 5.74) is 2.34. The first kappa shape index (κ1) is 23.0. The van der Waals surface area contributed by atoms with E-state index in [4.69, 9.17) is 4.74 Å². The summed E-state index contributed by atoms with van der Waals surface area (Å²) in [5.74, 6) is 0.446. The summed E-state index contributed by atoms with van der Waals surface area (Å²) >= 11 is 2.90. The van der Waals surface area contributed by atoms with Gasteiger partial charge in [-0.1, -0.05) is 47.7 Å². The molecule has 2 aromatic heterocycles. The zero-order valence-electron chi connectivity index (χ0n) is 19.2. The lowest BCUT2D eigenvalue weighted by atomic mass is 9.95. The van der Waals surface area contributed by atoms with Crippen molar-refractivity contribution in [1.82, 2.24) is 4.57 Å². The highest BCUT2D eigenvalue weighted by Crippen LogP contribution is 2.31. The number of nitrogens with zero attached hydrogens (tertiary/aromatic N) is 2. The molecule has 1 amide bonds. The number of thiazole rings is 1. The van der Waals surface area contributed by atoms with Crippen molar-refractivity contribution < 1.29 is 9.53 Å². The molecule has 35 heavy (non-hydrogen) atoms. The smallest absolute Gasteiger partial charge is 0.271 e. The van der Waals surface area contributed by atoms with Gasteiger partial charge in [0.15, 0.2) is 4.80 Å². The SMILES string of the molecule is CCOc1ccc(C2C(C(=O)Nc3ccccc3)=C(C)N=c3s/c(=C\c4cccs4)c(=O)n32)cc1. The predicted octanol–water partition coefficient (Wildman–Crippen LogP) is 4.33. The minimum Gasteiger partial charge on any atom is -0.494 e. The average Bonchev–Trinajstić information content (AvgIpc) is 3.47. The van der Waals surface area contributed by atoms with Gasteiger partial charge in [0.05, 0.1) is 28.5 Å². The predicted molar refractivity (Wildman–Crippen MR) is 141 cm³/mol. The normalized spacial score (nSPS) is 15.5. The van der Waals surface area contributed by atoms with E-state index in [1.165, 1.54) is 11.3 Å². The highest BCUT2D eigenvalue weighted by atomic mass is 32.1. The first-order chi connectivity index (χ1) is 17.0. The lowest BCUT2D eigenvalue weighted by Crippen LogP contribution is -2.40. The second-order valence-corrected chi connectivity index (χ2v) is 9.91. The molecule has 1 aliphatic heterocycles. The Hall–Kier alpha value is -3.75. The van der Waals surface area contributed by atoms with E-state index in [1.807, 2.05) is 92.0 Å². The lowest BCUT2D eigenvalue weighted by Gasteiger charge is -2.25. The molecule has 5 rings (SSSR count). The molecule has 8 heteroatoms. The number of aromatic nitrogens is 1. The molecular formula is C27H23N3O3S2. The molecule has 0 radical (unpaired) electrons. The molecule has 1 atom stereocenters. The Balaban J connectivity index is 1.66. The fraction of sp³-hybridized carbons (Fsp3) is 0.148. The van der Waals surface area contributed by atoms with Gasteiger partial charge in [-0.3, -0.25) is 14.2 Å². The summed E-state index contributed by atoms with van der Waals surface area (Å²) in [5, 5.41) is 4.94. The molecular weight excluding hydrogens is 478 g/mol. The number of benzene rings is 2. The number of thiophene rings is 1. The first-order valence-corrected chi connectivity index (χ1v) is 12.9. The van der Waals surface area contributed by atoms with Crippen LogP contribution in [-0.4, -0.2) is 17.1 Å². The van der Waals surface area contributed by atoms with Crippen molar-refractivity contribution in [1.29, 1.82) is 0 Å². The molecule has 176 valence electrons. The van der Waals surface area contributed by atoms with Crippen molar-refractivity contribution in [3.8, 4) is 5.75 Å². The maximum absolute atomic E-state index is 13.6. The third kappa shape index (κ3) is 4.62.